The van der Waals surface area contributed by atoms with Crippen molar-refractivity contribution in [1.29, 1.82) is 0 Å². The third-order valence-corrected chi connectivity index (χ3v) is 2.77. The summed E-state index contributed by atoms with van der Waals surface area (Å²) in [7, 11) is 0. The summed E-state index contributed by atoms with van der Waals surface area (Å²) < 4.78 is 0. The van der Waals surface area contributed by atoms with Crippen LogP contribution in [0.15, 0.2) is 48.1 Å². The summed E-state index contributed by atoms with van der Waals surface area (Å²) in [6, 6.07) is 8.76. The Hall–Kier alpha value is -1.30. The van der Waals surface area contributed by atoms with Crippen LogP contribution in [-0.4, -0.2) is 0 Å². The molecule has 1 unspecified atom stereocenters. The molecule has 0 saturated carbocycles. The van der Waals surface area contributed by atoms with E-state index in [2.05, 4.69) is 62.8 Å². The second kappa shape index (κ2) is 4.48. The van der Waals surface area contributed by atoms with Crippen LogP contribution in [0.5, 0.6) is 0 Å². The van der Waals surface area contributed by atoms with Gasteiger partial charge in [0.1, 0.15) is 0 Å². The minimum absolute atomic E-state index is 0.565. The lowest BCUT2D eigenvalue weighted by molar-refractivity contribution is 0.757. The van der Waals surface area contributed by atoms with E-state index in [9.17, 15) is 0 Å². The van der Waals surface area contributed by atoms with Crippen molar-refractivity contribution in [3.05, 3.63) is 65.6 Å². The molecule has 1 aromatic rings. The Bertz CT molecular complexity index is 396. The van der Waals surface area contributed by atoms with E-state index < -0.39 is 0 Å². The highest BCUT2D eigenvalue weighted by atomic mass is 14.1. The van der Waals surface area contributed by atoms with Gasteiger partial charge in [-0.15, -0.1) is 0 Å². The summed E-state index contributed by atoms with van der Waals surface area (Å²) in [4.78, 5) is 0. The molecular weight excluding hydrogens is 180 g/mol. The molecule has 1 atom stereocenters. The molecule has 1 aliphatic rings. The van der Waals surface area contributed by atoms with Crippen LogP contribution in [0, 0.1) is 19.3 Å². The molecule has 0 aromatic heterocycles. The third kappa shape index (κ3) is 2.82. The van der Waals surface area contributed by atoms with Crippen LogP contribution in [0.1, 0.15) is 18.1 Å². The van der Waals surface area contributed by atoms with Gasteiger partial charge in [0.05, 0.1) is 0 Å². The first-order valence-electron chi connectivity index (χ1n) is 5.49. The van der Waals surface area contributed by atoms with Gasteiger partial charge in [0.2, 0.25) is 0 Å². The highest BCUT2D eigenvalue weighted by Gasteiger charge is 2.08. The molecule has 0 nitrogen and oxygen atoms in total. The molecule has 0 amide bonds. The Morgan fingerprint density at radius 1 is 1.20 bits per heavy atom. The first-order chi connectivity index (χ1) is 7.24. The zero-order valence-electron chi connectivity index (χ0n) is 9.40. The van der Waals surface area contributed by atoms with Crippen molar-refractivity contribution in [2.45, 2.75) is 20.3 Å². The van der Waals surface area contributed by atoms with E-state index in [1.165, 1.54) is 16.7 Å². The predicted octanol–water partition coefficient (Wildman–Crippen LogP) is 3.87. The minimum Gasteiger partial charge on any atom is -0.0802 e. The Morgan fingerprint density at radius 3 is 2.73 bits per heavy atom. The zero-order chi connectivity index (χ0) is 10.7. The van der Waals surface area contributed by atoms with Crippen molar-refractivity contribution >= 4 is 0 Å². The van der Waals surface area contributed by atoms with Gasteiger partial charge in [0, 0.05) is 0 Å². The van der Waals surface area contributed by atoms with Crippen LogP contribution in [0.3, 0.4) is 0 Å². The normalized spacial score (nSPS) is 20.1. The van der Waals surface area contributed by atoms with Gasteiger partial charge in [0.15, 0.2) is 0 Å². The molecular formula is C15H17. The molecule has 0 heteroatoms. The summed E-state index contributed by atoms with van der Waals surface area (Å²) in [6.45, 7) is 4.28. The zero-order valence-corrected chi connectivity index (χ0v) is 9.40. The fourth-order valence-corrected chi connectivity index (χ4v) is 1.92. The maximum absolute atomic E-state index is 2.29. The van der Waals surface area contributed by atoms with Crippen molar-refractivity contribution in [2.75, 3.05) is 0 Å². The molecule has 0 spiro atoms. The fraction of sp³-hybridized carbons (Fsp3) is 0.267. The second-order valence-electron chi connectivity index (χ2n) is 4.32. The molecule has 0 heterocycles. The standard InChI is InChI=1S/C15H17/c1-12-6-8-14(9-7-12)11-15-5-3-4-13(2)10-15/h3-10,14H,11H2,1-2H3. The molecule has 1 aromatic carbocycles. The van der Waals surface area contributed by atoms with Crippen molar-refractivity contribution in [1.82, 2.24) is 0 Å². The van der Waals surface area contributed by atoms with E-state index in [0.717, 1.165) is 6.42 Å². The van der Waals surface area contributed by atoms with Crippen LogP contribution in [-0.2, 0) is 6.42 Å². The number of allylic oxidation sites excluding steroid dienone is 4. The predicted molar refractivity (Wildman–Crippen MR) is 65.6 cm³/mol. The van der Waals surface area contributed by atoms with Crippen LogP contribution in [0.2, 0.25) is 0 Å². The summed E-state index contributed by atoms with van der Waals surface area (Å²) in [5.74, 6) is 0.565. The highest BCUT2D eigenvalue weighted by Crippen LogP contribution is 2.19. The first kappa shape index (κ1) is 10.2. The van der Waals surface area contributed by atoms with Gasteiger partial charge >= 0.3 is 0 Å². The van der Waals surface area contributed by atoms with Gasteiger partial charge < -0.3 is 0 Å². The van der Waals surface area contributed by atoms with Crippen molar-refractivity contribution in [3.63, 3.8) is 0 Å². The summed E-state index contributed by atoms with van der Waals surface area (Å²) in [6.07, 6.45) is 10.1. The number of benzene rings is 1. The van der Waals surface area contributed by atoms with Crippen LogP contribution < -0.4 is 0 Å². The first-order valence-corrected chi connectivity index (χ1v) is 5.49. The Kier molecular flexibility index (Phi) is 3.05. The number of hydrogen-bond donors (Lipinski definition) is 0. The summed E-state index contributed by atoms with van der Waals surface area (Å²) in [5.41, 5.74) is 4.11. The van der Waals surface area contributed by atoms with E-state index in [-0.39, 0.29) is 0 Å². The Morgan fingerprint density at radius 2 is 2.07 bits per heavy atom. The fourth-order valence-electron chi connectivity index (χ4n) is 1.92. The van der Waals surface area contributed by atoms with Crippen molar-refractivity contribution < 1.29 is 0 Å². The van der Waals surface area contributed by atoms with Gasteiger partial charge in [-0.05, 0) is 38.2 Å². The third-order valence-electron chi connectivity index (χ3n) is 2.77. The smallest absolute Gasteiger partial charge is 0.00926 e. The van der Waals surface area contributed by atoms with Gasteiger partial charge in [0.25, 0.3) is 0 Å². The quantitative estimate of drug-likeness (QED) is 0.675. The van der Waals surface area contributed by atoms with Gasteiger partial charge in [-0.25, -0.2) is 0 Å². The molecule has 0 saturated heterocycles. The molecule has 2 rings (SSSR count). The molecule has 0 bridgehead atoms. The van der Waals surface area contributed by atoms with Crippen molar-refractivity contribution in [2.24, 2.45) is 5.92 Å². The molecule has 1 radical (unpaired) electrons. The lowest BCUT2D eigenvalue weighted by Gasteiger charge is -2.14. The Balaban J connectivity index is 2.02. The number of hydrogen-bond acceptors (Lipinski definition) is 0. The lowest BCUT2D eigenvalue weighted by Crippen LogP contribution is -2.04. The van der Waals surface area contributed by atoms with E-state index >= 15 is 0 Å². The van der Waals surface area contributed by atoms with E-state index in [4.69, 9.17) is 0 Å². The topological polar surface area (TPSA) is 0 Å². The molecule has 15 heavy (non-hydrogen) atoms. The monoisotopic (exact) mass is 197 g/mol. The number of rotatable bonds is 2. The van der Waals surface area contributed by atoms with Gasteiger partial charge in [-0.1, -0.05) is 53.6 Å². The Labute approximate surface area is 92.3 Å². The molecule has 77 valence electrons. The van der Waals surface area contributed by atoms with Crippen LogP contribution >= 0.6 is 0 Å². The van der Waals surface area contributed by atoms with E-state index in [1.54, 1.807) is 0 Å². The summed E-state index contributed by atoms with van der Waals surface area (Å²) >= 11 is 0. The molecule has 0 fully saturated rings. The largest absolute Gasteiger partial charge is 0.0802 e. The second-order valence-corrected chi connectivity index (χ2v) is 4.32. The highest BCUT2D eigenvalue weighted by molar-refractivity contribution is 5.30. The van der Waals surface area contributed by atoms with E-state index in [1.807, 2.05) is 0 Å². The average molecular weight is 197 g/mol. The van der Waals surface area contributed by atoms with Gasteiger partial charge in [-0.2, -0.15) is 0 Å². The van der Waals surface area contributed by atoms with Gasteiger partial charge in [-0.3, -0.25) is 0 Å². The lowest BCUT2D eigenvalue weighted by atomic mass is 9.91. The maximum Gasteiger partial charge on any atom is -0.00926 e. The molecule has 0 aliphatic heterocycles. The van der Waals surface area contributed by atoms with Crippen molar-refractivity contribution in [3.8, 4) is 0 Å². The summed E-state index contributed by atoms with van der Waals surface area (Å²) in [5, 5.41) is 0. The van der Waals surface area contributed by atoms with Crippen LogP contribution in [0.4, 0.5) is 0 Å². The van der Waals surface area contributed by atoms with Crippen LogP contribution in [0.25, 0.3) is 0 Å². The van der Waals surface area contributed by atoms with E-state index in [0.29, 0.717) is 5.92 Å². The SMILES string of the molecule is CC1=C[CH]C(Cc2cccc(C)c2)C=C1. The average Bonchev–Trinajstić information content (AvgIpc) is 2.22. The molecule has 1 aliphatic carbocycles. The number of aryl methyl sites for hydroxylation is 1. The minimum atomic E-state index is 0.565. The maximum atomic E-state index is 2.29. The molecule has 0 N–H and O–H groups in total.